The maximum Gasteiger partial charge on any atom is 0.410 e. The molecule has 0 radical (unpaired) electrons. The fourth-order valence-electron chi connectivity index (χ4n) is 3.28. The van der Waals surface area contributed by atoms with Gasteiger partial charge in [0.05, 0.1) is 12.1 Å². The molecule has 1 aliphatic heterocycles. The van der Waals surface area contributed by atoms with Crippen molar-refractivity contribution < 1.29 is 23.7 Å². The summed E-state index contributed by atoms with van der Waals surface area (Å²) in [5.41, 5.74) is 0.211. The van der Waals surface area contributed by atoms with Crippen LogP contribution in [0.15, 0.2) is 41.2 Å². The fourth-order valence-corrected chi connectivity index (χ4v) is 3.46. The van der Waals surface area contributed by atoms with E-state index in [2.05, 4.69) is 10.1 Å². The van der Waals surface area contributed by atoms with Crippen molar-refractivity contribution in [3.05, 3.63) is 48.1 Å². The number of carbonyl (C=O) groups is 2. The van der Waals surface area contributed by atoms with Gasteiger partial charge in [-0.3, -0.25) is 14.5 Å². The third-order valence-electron chi connectivity index (χ3n) is 4.58. The quantitative estimate of drug-likeness (QED) is 0.391. The molecule has 0 N–H and O–H groups in total. The zero-order chi connectivity index (χ0) is 21.7. The van der Waals surface area contributed by atoms with Gasteiger partial charge >= 0.3 is 11.5 Å². The Labute approximate surface area is 179 Å². The van der Waals surface area contributed by atoms with E-state index in [0.717, 1.165) is 10.6 Å². The average molecular weight is 437 g/mol. The second-order valence-corrected chi connectivity index (χ2v) is 8.33. The van der Waals surface area contributed by atoms with Crippen molar-refractivity contribution in [2.24, 2.45) is 0 Å². The summed E-state index contributed by atoms with van der Waals surface area (Å²) >= 11 is 5.80. The molecule has 162 valence electrons. The van der Waals surface area contributed by atoms with Crippen molar-refractivity contribution in [2.75, 3.05) is 6.54 Å². The van der Waals surface area contributed by atoms with Gasteiger partial charge in [-0.1, -0.05) is 35.5 Å². The molecule has 2 heterocycles. The van der Waals surface area contributed by atoms with Gasteiger partial charge in [0.25, 0.3) is 0 Å². The fraction of sp³-hybridized carbons (Fsp3) is 0.500. The molecular formula is C20H25ClN4O5. The van der Waals surface area contributed by atoms with Gasteiger partial charge in [-0.15, -0.1) is 0 Å². The summed E-state index contributed by atoms with van der Waals surface area (Å²) < 4.78 is 10.4. The van der Waals surface area contributed by atoms with Gasteiger partial charge < -0.3 is 9.26 Å². The molecule has 2 aromatic rings. The number of halogens is 1. The Hall–Kier alpha value is -2.65. The number of hydroxylamine groups is 2. The first kappa shape index (κ1) is 22.0. The molecule has 3 rings (SSSR count). The number of nitrogens with zero attached hydrogens (tertiary/aromatic N) is 4. The molecule has 1 aromatic carbocycles. The monoisotopic (exact) mass is 436 g/mol. The van der Waals surface area contributed by atoms with Gasteiger partial charge in [-0.05, 0) is 50.8 Å². The Kier molecular flexibility index (Phi) is 6.94. The molecule has 30 heavy (non-hydrogen) atoms. The van der Waals surface area contributed by atoms with Crippen LogP contribution in [-0.2, 0) is 16.2 Å². The number of amides is 2. The Morgan fingerprint density at radius 1 is 1.27 bits per heavy atom. The standard InChI is InChI=1S/C20H25ClN4O5/c1-20(2,3)30-19(27)24-11-15(9-10-16(24)17-22-13-28-23-17)25(18(21)26)29-12-14-7-5-4-6-8-14/h4-8,13,15-16H,9-12H2,1-3H3. The van der Waals surface area contributed by atoms with Crippen LogP contribution in [0.5, 0.6) is 0 Å². The molecule has 0 bridgehead atoms. The molecular weight excluding hydrogens is 412 g/mol. The summed E-state index contributed by atoms with van der Waals surface area (Å²) in [6.07, 6.45) is 1.70. The summed E-state index contributed by atoms with van der Waals surface area (Å²) in [4.78, 5) is 36.2. The van der Waals surface area contributed by atoms with E-state index in [1.807, 2.05) is 30.3 Å². The molecule has 10 heteroatoms. The van der Waals surface area contributed by atoms with Crippen molar-refractivity contribution in [1.29, 1.82) is 0 Å². The number of hydrogen-bond acceptors (Lipinski definition) is 7. The minimum atomic E-state index is -0.752. The molecule has 2 amide bonds. The van der Waals surface area contributed by atoms with Crippen LogP contribution in [0.4, 0.5) is 9.59 Å². The van der Waals surface area contributed by atoms with Crippen molar-refractivity contribution in [3.63, 3.8) is 0 Å². The van der Waals surface area contributed by atoms with E-state index >= 15 is 0 Å². The van der Waals surface area contributed by atoms with Crippen LogP contribution in [0.25, 0.3) is 0 Å². The summed E-state index contributed by atoms with van der Waals surface area (Å²) in [7, 11) is 0. The first-order valence-electron chi connectivity index (χ1n) is 9.66. The lowest BCUT2D eigenvalue weighted by atomic mass is 9.98. The number of rotatable bonds is 5. The number of piperidine rings is 1. The predicted molar refractivity (Wildman–Crippen MR) is 107 cm³/mol. The van der Waals surface area contributed by atoms with Gasteiger partial charge in [-0.25, -0.2) is 9.86 Å². The SMILES string of the molecule is CC(C)(C)OC(=O)N1CC(N(OCc2ccccc2)C(=O)Cl)CCC1c1ncon1. The molecule has 1 saturated heterocycles. The summed E-state index contributed by atoms with van der Waals surface area (Å²) in [5, 5.41) is 4.25. The van der Waals surface area contributed by atoms with Crippen LogP contribution in [0.1, 0.15) is 51.0 Å². The average Bonchev–Trinajstić information content (AvgIpc) is 3.22. The van der Waals surface area contributed by atoms with Crippen molar-refractivity contribution in [2.45, 2.75) is 57.9 Å². The third-order valence-corrected chi connectivity index (χ3v) is 4.75. The maximum absolute atomic E-state index is 12.9. The molecule has 0 spiro atoms. The highest BCUT2D eigenvalue weighted by Gasteiger charge is 2.40. The number of carbonyl (C=O) groups excluding carboxylic acids is 2. The lowest BCUT2D eigenvalue weighted by Crippen LogP contribution is -2.52. The van der Waals surface area contributed by atoms with Crippen molar-refractivity contribution in [3.8, 4) is 0 Å². The van der Waals surface area contributed by atoms with Gasteiger partial charge in [0.15, 0.2) is 5.82 Å². The van der Waals surface area contributed by atoms with E-state index in [1.54, 1.807) is 20.8 Å². The molecule has 1 fully saturated rings. The van der Waals surface area contributed by atoms with Gasteiger partial charge in [0.1, 0.15) is 12.2 Å². The van der Waals surface area contributed by atoms with E-state index in [-0.39, 0.29) is 13.2 Å². The molecule has 9 nitrogen and oxygen atoms in total. The largest absolute Gasteiger partial charge is 0.444 e. The van der Waals surface area contributed by atoms with E-state index < -0.39 is 29.1 Å². The van der Waals surface area contributed by atoms with Gasteiger partial charge in [0.2, 0.25) is 6.39 Å². The van der Waals surface area contributed by atoms with E-state index in [0.29, 0.717) is 18.7 Å². The molecule has 1 aromatic heterocycles. The minimum Gasteiger partial charge on any atom is -0.444 e. The lowest BCUT2D eigenvalue weighted by Gasteiger charge is -2.41. The van der Waals surface area contributed by atoms with Crippen LogP contribution in [-0.4, -0.2) is 49.8 Å². The van der Waals surface area contributed by atoms with Crippen molar-refractivity contribution in [1.82, 2.24) is 20.1 Å². The van der Waals surface area contributed by atoms with Gasteiger partial charge in [0, 0.05) is 6.54 Å². The smallest absolute Gasteiger partial charge is 0.410 e. The Morgan fingerprint density at radius 3 is 2.60 bits per heavy atom. The van der Waals surface area contributed by atoms with Crippen LogP contribution >= 0.6 is 11.6 Å². The molecule has 2 atom stereocenters. The number of benzene rings is 1. The normalized spacial score (nSPS) is 19.4. The number of ether oxygens (including phenoxy) is 1. The van der Waals surface area contributed by atoms with Gasteiger partial charge in [-0.2, -0.15) is 4.98 Å². The summed E-state index contributed by atoms with van der Waals surface area (Å²) in [6, 6.07) is 8.54. The minimum absolute atomic E-state index is 0.154. The Morgan fingerprint density at radius 2 is 2.00 bits per heavy atom. The van der Waals surface area contributed by atoms with Crippen LogP contribution in [0.3, 0.4) is 0 Å². The topological polar surface area (TPSA) is 98.0 Å². The zero-order valence-electron chi connectivity index (χ0n) is 17.2. The van der Waals surface area contributed by atoms with Crippen LogP contribution in [0.2, 0.25) is 0 Å². The first-order valence-corrected chi connectivity index (χ1v) is 10.0. The molecule has 1 aliphatic rings. The first-order chi connectivity index (χ1) is 14.2. The highest BCUT2D eigenvalue weighted by molar-refractivity contribution is 6.62. The summed E-state index contributed by atoms with van der Waals surface area (Å²) in [6.45, 7) is 5.69. The Balaban J connectivity index is 1.76. The highest BCUT2D eigenvalue weighted by atomic mass is 35.5. The highest BCUT2D eigenvalue weighted by Crippen LogP contribution is 2.33. The second kappa shape index (κ2) is 9.44. The molecule has 0 aliphatic carbocycles. The zero-order valence-corrected chi connectivity index (χ0v) is 17.9. The molecule has 0 saturated carbocycles. The molecule has 2 unspecified atom stereocenters. The lowest BCUT2D eigenvalue weighted by molar-refractivity contribution is -0.160. The van der Waals surface area contributed by atoms with E-state index in [4.69, 9.17) is 25.7 Å². The van der Waals surface area contributed by atoms with E-state index in [1.165, 1.54) is 11.3 Å². The maximum atomic E-state index is 12.9. The number of hydrogen-bond donors (Lipinski definition) is 0. The second-order valence-electron chi connectivity index (χ2n) is 8.01. The Bertz CT molecular complexity index is 841. The van der Waals surface area contributed by atoms with Crippen LogP contribution in [0, 0.1) is 0 Å². The number of aromatic nitrogens is 2. The number of likely N-dealkylation sites (tertiary alicyclic amines) is 1. The van der Waals surface area contributed by atoms with E-state index in [9.17, 15) is 9.59 Å². The van der Waals surface area contributed by atoms with Crippen molar-refractivity contribution >= 4 is 23.1 Å². The predicted octanol–water partition coefficient (Wildman–Crippen LogP) is 4.30. The van der Waals surface area contributed by atoms with Crippen LogP contribution < -0.4 is 0 Å². The third kappa shape index (κ3) is 5.70. The summed E-state index contributed by atoms with van der Waals surface area (Å²) in [5.74, 6) is 0.383.